The molecule has 0 saturated carbocycles. The summed E-state index contributed by atoms with van der Waals surface area (Å²) in [6.45, 7) is 4.08. The highest BCUT2D eigenvalue weighted by molar-refractivity contribution is 7.92. The number of rotatable bonds is 5. The largest absolute Gasteiger partial charge is 0.487 e. The molecular weight excluding hydrogens is 400 g/mol. The smallest absolute Gasteiger partial charge is 0.253 e. The third kappa shape index (κ3) is 4.75. The number of sulfone groups is 1. The van der Waals surface area contributed by atoms with Crippen LogP contribution < -0.4 is 4.74 Å². The maximum absolute atomic E-state index is 13.7. The van der Waals surface area contributed by atoms with Crippen LogP contribution in [-0.4, -0.2) is 43.7 Å². The van der Waals surface area contributed by atoms with Crippen LogP contribution in [0.2, 0.25) is 0 Å². The average molecular weight is 423 g/mol. The number of halogens is 2. The van der Waals surface area contributed by atoms with Gasteiger partial charge in [0, 0.05) is 37.6 Å². The minimum Gasteiger partial charge on any atom is -0.487 e. The molecule has 156 valence electrons. The second kappa shape index (κ2) is 8.49. The van der Waals surface area contributed by atoms with Gasteiger partial charge in [-0.2, -0.15) is 0 Å². The molecular formula is C21H23F2NO4S. The Kier molecular flexibility index (Phi) is 6.21. The maximum atomic E-state index is 13.7. The van der Waals surface area contributed by atoms with Gasteiger partial charge in [0.25, 0.3) is 5.91 Å². The average Bonchev–Trinajstić information content (AvgIpc) is 2.70. The molecule has 8 heteroatoms. The summed E-state index contributed by atoms with van der Waals surface area (Å²) in [6.07, 6.45) is 0.766. The number of carbonyl (C=O) groups excluding carboxylic acids is 1. The topological polar surface area (TPSA) is 63.7 Å². The van der Waals surface area contributed by atoms with Gasteiger partial charge in [0.15, 0.2) is 21.4 Å². The molecule has 0 aromatic heterocycles. The van der Waals surface area contributed by atoms with Crippen molar-refractivity contribution in [2.75, 3.05) is 13.1 Å². The van der Waals surface area contributed by atoms with Crippen molar-refractivity contribution >= 4 is 15.7 Å². The van der Waals surface area contributed by atoms with Crippen molar-refractivity contribution in [3.63, 3.8) is 0 Å². The van der Waals surface area contributed by atoms with Gasteiger partial charge in [-0.15, -0.1) is 0 Å². The maximum Gasteiger partial charge on any atom is 0.253 e. The lowest BCUT2D eigenvalue weighted by Crippen LogP contribution is -2.41. The van der Waals surface area contributed by atoms with E-state index in [1.807, 2.05) is 0 Å². The lowest BCUT2D eigenvalue weighted by molar-refractivity contribution is 0.0588. The van der Waals surface area contributed by atoms with Crippen LogP contribution in [0.4, 0.5) is 8.78 Å². The number of likely N-dealkylation sites (tertiary alicyclic amines) is 1. The lowest BCUT2D eigenvalue weighted by Gasteiger charge is -2.32. The van der Waals surface area contributed by atoms with E-state index in [0.29, 0.717) is 31.5 Å². The van der Waals surface area contributed by atoms with Gasteiger partial charge < -0.3 is 9.64 Å². The minimum atomic E-state index is -3.38. The fourth-order valence-electron chi connectivity index (χ4n) is 3.17. The van der Waals surface area contributed by atoms with Crippen molar-refractivity contribution in [3.05, 3.63) is 59.7 Å². The molecule has 0 aliphatic carbocycles. The van der Waals surface area contributed by atoms with Crippen molar-refractivity contribution in [2.24, 2.45) is 0 Å². The molecule has 1 saturated heterocycles. The number of ether oxygens (including phenoxy) is 1. The van der Waals surface area contributed by atoms with Gasteiger partial charge in [-0.1, -0.05) is 0 Å². The summed E-state index contributed by atoms with van der Waals surface area (Å²) in [5, 5.41) is -0.533. The Hall–Kier alpha value is -2.48. The predicted molar refractivity (Wildman–Crippen MR) is 105 cm³/mol. The Morgan fingerprint density at radius 2 is 1.69 bits per heavy atom. The number of hydrogen-bond donors (Lipinski definition) is 0. The third-order valence-electron chi connectivity index (χ3n) is 4.97. The van der Waals surface area contributed by atoms with E-state index < -0.39 is 26.7 Å². The molecule has 2 aromatic rings. The lowest BCUT2D eigenvalue weighted by atomic mass is 10.1. The van der Waals surface area contributed by atoms with Gasteiger partial charge in [0.05, 0.1) is 10.1 Å². The van der Waals surface area contributed by atoms with Crippen LogP contribution in [0.25, 0.3) is 0 Å². The molecule has 0 spiro atoms. The predicted octanol–water partition coefficient (Wildman–Crippen LogP) is 3.83. The summed E-state index contributed by atoms with van der Waals surface area (Å²) in [7, 11) is -3.38. The first-order valence-electron chi connectivity index (χ1n) is 9.43. The standard InChI is InChI=1S/C21H23F2NO4S/c1-14(2)29(26,27)18-6-3-15(4-7-18)21(25)24-11-9-17(10-12-24)28-20-8-5-16(22)13-19(20)23/h3-8,13-14,17H,9-12H2,1-2H3. The summed E-state index contributed by atoms with van der Waals surface area (Å²) in [4.78, 5) is 14.5. The van der Waals surface area contributed by atoms with Gasteiger partial charge in [-0.05, 0) is 50.2 Å². The molecule has 1 aliphatic rings. The van der Waals surface area contributed by atoms with E-state index in [2.05, 4.69) is 0 Å². The first-order valence-corrected chi connectivity index (χ1v) is 11.0. The number of amides is 1. The first kappa shape index (κ1) is 21.2. The quantitative estimate of drug-likeness (QED) is 0.733. The minimum absolute atomic E-state index is 0.00173. The zero-order valence-electron chi connectivity index (χ0n) is 16.3. The second-order valence-corrected chi connectivity index (χ2v) is 9.81. The number of carbonyl (C=O) groups is 1. The fraction of sp³-hybridized carbons (Fsp3) is 0.381. The summed E-state index contributed by atoms with van der Waals surface area (Å²) in [5.41, 5.74) is 0.414. The first-order chi connectivity index (χ1) is 13.7. The molecule has 0 radical (unpaired) electrons. The molecule has 5 nitrogen and oxygen atoms in total. The molecule has 0 unspecified atom stereocenters. The molecule has 29 heavy (non-hydrogen) atoms. The van der Waals surface area contributed by atoms with E-state index in [0.717, 1.165) is 12.1 Å². The van der Waals surface area contributed by atoms with Crippen LogP contribution in [-0.2, 0) is 9.84 Å². The van der Waals surface area contributed by atoms with Crippen LogP contribution in [0.15, 0.2) is 47.4 Å². The Morgan fingerprint density at radius 1 is 1.07 bits per heavy atom. The van der Waals surface area contributed by atoms with Crippen molar-refractivity contribution in [2.45, 2.75) is 42.9 Å². The zero-order valence-corrected chi connectivity index (χ0v) is 17.1. The Balaban J connectivity index is 1.60. The van der Waals surface area contributed by atoms with E-state index in [1.165, 1.54) is 30.3 Å². The van der Waals surface area contributed by atoms with Gasteiger partial charge in [-0.3, -0.25) is 4.79 Å². The van der Waals surface area contributed by atoms with Crippen LogP contribution in [0, 0.1) is 11.6 Å². The summed E-state index contributed by atoms with van der Waals surface area (Å²) >= 11 is 0. The molecule has 1 amide bonds. The molecule has 0 atom stereocenters. The molecule has 1 heterocycles. The van der Waals surface area contributed by atoms with Crippen LogP contribution in [0.1, 0.15) is 37.0 Å². The van der Waals surface area contributed by atoms with E-state index >= 15 is 0 Å². The van der Waals surface area contributed by atoms with Crippen LogP contribution in [0.3, 0.4) is 0 Å². The van der Waals surface area contributed by atoms with Crippen LogP contribution >= 0.6 is 0 Å². The van der Waals surface area contributed by atoms with Gasteiger partial charge >= 0.3 is 0 Å². The summed E-state index contributed by atoms with van der Waals surface area (Å²) < 4.78 is 56.7. The van der Waals surface area contributed by atoms with Crippen molar-refractivity contribution in [3.8, 4) is 5.75 Å². The monoisotopic (exact) mass is 423 g/mol. The van der Waals surface area contributed by atoms with Crippen molar-refractivity contribution < 1.29 is 26.7 Å². The molecule has 3 rings (SSSR count). The van der Waals surface area contributed by atoms with Gasteiger partial charge in [-0.25, -0.2) is 17.2 Å². The molecule has 1 fully saturated rings. The molecule has 2 aromatic carbocycles. The van der Waals surface area contributed by atoms with E-state index in [1.54, 1.807) is 18.7 Å². The Bertz CT molecular complexity index is 982. The van der Waals surface area contributed by atoms with E-state index in [4.69, 9.17) is 4.74 Å². The summed E-state index contributed by atoms with van der Waals surface area (Å²) in [5.74, 6) is -1.61. The van der Waals surface area contributed by atoms with Gasteiger partial charge in [0.2, 0.25) is 0 Å². The molecule has 1 aliphatic heterocycles. The molecule has 0 bridgehead atoms. The number of benzene rings is 2. The second-order valence-electron chi connectivity index (χ2n) is 7.30. The highest BCUT2D eigenvalue weighted by atomic mass is 32.2. The van der Waals surface area contributed by atoms with Crippen molar-refractivity contribution in [1.82, 2.24) is 4.90 Å². The highest BCUT2D eigenvalue weighted by Crippen LogP contribution is 2.24. The third-order valence-corrected chi connectivity index (χ3v) is 7.14. The number of piperidine rings is 1. The Labute approximate surface area is 169 Å². The van der Waals surface area contributed by atoms with Gasteiger partial charge in [0.1, 0.15) is 11.9 Å². The van der Waals surface area contributed by atoms with Crippen molar-refractivity contribution in [1.29, 1.82) is 0 Å². The number of nitrogens with zero attached hydrogens (tertiary/aromatic N) is 1. The highest BCUT2D eigenvalue weighted by Gasteiger charge is 2.26. The van der Waals surface area contributed by atoms with E-state index in [9.17, 15) is 22.0 Å². The van der Waals surface area contributed by atoms with Crippen LogP contribution in [0.5, 0.6) is 5.75 Å². The van der Waals surface area contributed by atoms with E-state index in [-0.39, 0.29) is 22.7 Å². The SMILES string of the molecule is CC(C)S(=O)(=O)c1ccc(C(=O)N2CCC(Oc3ccc(F)cc3F)CC2)cc1. The Morgan fingerprint density at radius 3 is 2.24 bits per heavy atom. The summed E-state index contributed by atoms with van der Waals surface area (Å²) in [6, 6.07) is 9.12. The zero-order chi connectivity index (χ0) is 21.2. The fourth-order valence-corrected chi connectivity index (χ4v) is 4.23. The normalized spacial score (nSPS) is 15.6. The molecule has 0 N–H and O–H groups in total. The number of hydrogen-bond acceptors (Lipinski definition) is 4.